The van der Waals surface area contributed by atoms with Gasteiger partial charge in [0.05, 0.1) is 34.9 Å². The van der Waals surface area contributed by atoms with Gasteiger partial charge in [-0.2, -0.15) is 0 Å². The lowest BCUT2D eigenvalue weighted by Crippen LogP contribution is -2.89. The van der Waals surface area contributed by atoms with Gasteiger partial charge in [-0.05, 0) is 44.9 Å². The molecule has 0 aromatic carbocycles. The van der Waals surface area contributed by atoms with Crippen molar-refractivity contribution in [2.24, 2.45) is 17.3 Å². The summed E-state index contributed by atoms with van der Waals surface area (Å²) in [6.45, 7) is 7.05. The summed E-state index contributed by atoms with van der Waals surface area (Å²) in [7, 11) is 0. The van der Waals surface area contributed by atoms with Crippen molar-refractivity contribution < 1.29 is 90.5 Å². The van der Waals surface area contributed by atoms with Crippen molar-refractivity contribution in [1.29, 1.82) is 0 Å². The molecule has 2 saturated carbocycles. The molecule has 61 heavy (non-hydrogen) atoms. The molecule has 1 unspecified atom stereocenters. The molecule has 12 atom stereocenters. The summed E-state index contributed by atoms with van der Waals surface area (Å²) in [5, 5.41) is 13.6. The summed E-state index contributed by atoms with van der Waals surface area (Å²) in [4.78, 5) is 113. The molecule has 4 heterocycles. The van der Waals surface area contributed by atoms with Crippen LogP contribution in [0.5, 0.6) is 0 Å². The molecular formula is C41H47NO19. The van der Waals surface area contributed by atoms with Crippen LogP contribution in [0.2, 0.25) is 0 Å². The van der Waals surface area contributed by atoms with E-state index in [9.17, 15) is 43.5 Å². The first-order valence-corrected chi connectivity index (χ1v) is 19.4. The number of furan rings is 1. The first kappa shape index (κ1) is 44.7. The monoisotopic (exact) mass is 857 g/mol. The molecule has 1 spiro atoms. The number of hydrogen-bond acceptors (Lipinski definition) is 20. The maximum Gasteiger partial charge on any atom is 0.341 e. The van der Waals surface area contributed by atoms with Crippen LogP contribution in [-0.2, 0) is 77.8 Å². The van der Waals surface area contributed by atoms with Crippen LogP contribution < -0.4 is 0 Å². The summed E-state index contributed by atoms with van der Waals surface area (Å²) >= 11 is 0. The van der Waals surface area contributed by atoms with Gasteiger partial charge in [0.15, 0.2) is 30.0 Å². The Balaban J connectivity index is 1.77. The minimum atomic E-state index is -2.87. The highest BCUT2D eigenvalue weighted by molar-refractivity contribution is 5.91. The molecule has 1 N–H and O–H groups in total. The van der Waals surface area contributed by atoms with Crippen molar-refractivity contribution in [3.8, 4) is 0 Å². The molecule has 3 fully saturated rings. The molecule has 2 aromatic rings. The van der Waals surface area contributed by atoms with Crippen molar-refractivity contribution in [1.82, 2.24) is 4.98 Å². The summed E-state index contributed by atoms with van der Waals surface area (Å²) in [5.74, 6) is -10.8. The van der Waals surface area contributed by atoms with E-state index in [2.05, 4.69) is 4.98 Å². The highest BCUT2D eigenvalue weighted by Crippen LogP contribution is 2.70. The van der Waals surface area contributed by atoms with Crippen LogP contribution >= 0.6 is 0 Å². The Kier molecular flexibility index (Phi) is 12.1. The van der Waals surface area contributed by atoms with Crippen molar-refractivity contribution >= 4 is 47.8 Å². The number of aromatic nitrogens is 1. The average Bonchev–Trinajstić information content (AvgIpc) is 3.79. The molecule has 330 valence electrons. The standard InChI is InChI=1S/C41H47NO19/c1-19-11-12-27-26(10-9-14-42-27)37(50)54-17-38(7)28-29(55-21(3)44)33(57-23(5)46)40(18-53-20(2)43)34(58-24(6)47)30(59-36(49)25-13-15-52-16-25)32(60-35(19)48)39(8,51)41(40,61-38)31(28)56-22(4)45/h9-10,13-16,19,28-34,51H,11-12,17-18H2,1-8H3/t19?,28-,29+,30-,31+,32-,33+,34-,38-,39-,40+,41-/m0/s1. The van der Waals surface area contributed by atoms with E-state index in [-0.39, 0.29) is 29.7 Å². The normalized spacial score (nSPS) is 35.4. The Morgan fingerprint density at radius 2 is 1.46 bits per heavy atom. The fourth-order valence-corrected chi connectivity index (χ4v) is 9.54. The number of rotatable bonds is 8. The van der Waals surface area contributed by atoms with E-state index >= 15 is 0 Å². The fourth-order valence-electron chi connectivity index (χ4n) is 9.54. The maximum atomic E-state index is 14.3. The van der Waals surface area contributed by atoms with Gasteiger partial charge in [-0.3, -0.25) is 33.8 Å². The van der Waals surface area contributed by atoms with Crippen LogP contribution in [0.3, 0.4) is 0 Å². The highest BCUT2D eigenvalue weighted by atomic mass is 16.7. The van der Waals surface area contributed by atoms with Gasteiger partial charge in [0.2, 0.25) is 0 Å². The number of pyridine rings is 1. The van der Waals surface area contributed by atoms with E-state index in [1.807, 2.05) is 0 Å². The van der Waals surface area contributed by atoms with Crippen molar-refractivity contribution in [3.05, 3.63) is 53.7 Å². The van der Waals surface area contributed by atoms with E-state index in [0.29, 0.717) is 0 Å². The third kappa shape index (κ3) is 7.59. The Morgan fingerprint density at radius 1 is 0.836 bits per heavy atom. The number of carbonyl (C=O) groups is 8. The van der Waals surface area contributed by atoms with E-state index in [1.54, 1.807) is 0 Å². The number of hydrogen-bond donors (Lipinski definition) is 1. The van der Waals surface area contributed by atoms with E-state index in [0.717, 1.165) is 54.1 Å². The molecular weight excluding hydrogens is 810 g/mol. The average molecular weight is 858 g/mol. The largest absolute Gasteiger partial charge is 0.472 e. The van der Waals surface area contributed by atoms with E-state index < -0.39 is 132 Å². The van der Waals surface area contributed by atoms with Gasteiger partial charge in [0.1, 0.15) is 48.3 Å². The third-order valence-electron chi connectivity index (χ3n) is 11.8. The molecule has 0 amide bonds. The number of fused-ring (bicyclic) bond motifs is 5. The molecule has 6 rings (SSSR count). The number of nitrogens with zero attached hydrogens (tertiary/aromatic N) is 1. The van der Waals surface area contributed by atoms with Crippen LogP contribution in [0.25, 0.3) is 0 Å². The predicted molar refractivity (Wildman–Crippen MR) is 197 cm³/mol. The van der Waals surface area contributed by atoms with Crippen molar-refractivity contribution in [2.45, 2.75) is 122 Å². The van der Waals surface area contributed by atoms with Gasteiger partial charge >= 0.3 is 47.8 Å². The fraction of sp³-hybridized carbons (Fsp3) is 0.585. The summed E-state index contributed by atoms with van der Waals surface area (Å²) in [6, 6.07) is 4.17. The second-order valence-electron chi connectivity index (χ2n) is 16.1. The zero-order valence-corrected chi connectivity index (χ0v) is 34.7. The topological polar surface area (TPSA) is 266 Å². The van der Waals surface area contributed by atoms with Crippen LogP contribution in [0.4, 0.5) is 0 Å². The number of cyclic esters (lactones) is 1. The molecule has 2 aliphatic heterocycles. The van der Waals surface area contributed by atoms with Crippen LogP contribution in [-0.4, -0.2) is 124 Å². The molecule has 20 heteroatoms. The van der Waals surface area contributed by atoms with Gasteiger partial charge in [-0.25, -0.2) is 9.59 Å². The zero-order chi connectivity index (χ0) is 44.8. The zero-order valence-electron chi connectivity index (χ0n) is 34.7. The minimum absolute atomic E-state index is 0.0163. The molecule has 2 aliphatic carbocycles. The number of aryl methyl sites for hydroxylation is 1. The minimum Gasteiger partial charge on any atom is -0.472 e. The van der Waals surface area contributed by atoms with Crippen LogP contribution in [0.15, 0.2) is 41.3 Å². The van der Waals surface area contributed by atoms with E-state index in [1.165, 1.54) is 38.2 Å². The summed E-state index contributed by atoms with van der Waals surface area (Å²) in [5.41, 5.74) is -10.3. The lowest BCUT2D eigenvalue weighted by molar-refractivity contribution is -0.386. The maximum absolute atomic E-state index is 14.3. The predicted octanol–water partition coefficient (Wildman–Crippen LogP) is 1.75. The van der Waals surface area contributed by atoms with Gasteiger partial charge in [0, 0.05) is 40.8 Å². The molecule has 2 aromatic heterocycles. The Hall–Kier alpha value is -5.89. The van der Waals surface area contributed by atoms with Crippen molar-refractivity contribution in [2.75, 3.05) is 13.2 Å². The first-order valence-electron chi connectivity index (χ1n) is 19.4. The van der Waals surface area contributed by atoms with Gasteiger partial charge in [-0.1, -0.05) is 6.92 Å². The van der Waals surface area contributed by atoms with Gasteiger partial charge < -0.3 is 52.2 Å². The van der Waals surface area contributed by atoms with Crippen LogP contribution in [0.1, 0.15) is 88.2 Å². The molecule has 0 radical (unpaired) electrons. The highest BCUT2D eigenvalue weighted by Gasteiger charge is 2.92. The lowest BCUT2D eigenvalue weighted by Gasteiger charge is -2.67. The lowest BCUT2D eigenvalue weighted by atomic mass is 9.45. The Bertz CT molecular complexity index is 2100. The third-order valence-corrected chi connectivity index (χ3v) is 11.8. The number of ether oxygens (including phenoxy) is 9. The summed E-state index contributed by atoms with van der Waals surface area (Å²) in [6.07, 6.45) is -8.59. The smallest absolute Gasteiger partial charge is 0.341 e. The van der Waals surface area contributed by atoms with E-state index in [4.69, 9.17) is 47.0 Å². The SMILES string of the molecule is CC(=O)OC[C@]12[C@H](OC(C)=O)[C@H](OC(C)=O)[C@H]3[C@@H](OC(C)=O)[C@@]14O[C@@]3(C)COC(=O)c1cccnc1CCC(C)C(=O)O[C@@H]([C@H](OC(=O)c1ccoc1)[C@@H]2OC(C)=O)[C@]4(C)O. The molecule has 1 saturated heterocycles. The molecule has 4 aliphatic rings. The Morgan fingerprint density at radius 3 is 2.05 bits per heavy atom. The number of aliphatic hydroxyl groups is 1. The quantitative estimate of drug-likeness (QED) is 0.293. The summed E-state index contributed by atoms with van der Waals surface area (Å²) < 4.78 is 60.1. The number of esters is 8. The first-order chi connectivity index (χ1) is 28.6. The van der Waals surface area contributed by atoms with Crippen LogP contribution in [0, 0.1) is 17.3 Å². The Labute approximate surface area is 348 Å². The second kappa shape index (κ2) is 16.5. The molecule has 20 nitrogen and oxygen atoms in total. The van der Waals surface area contributed by atoms with Gasteiger partial charge in [0.25, 0.3) is 0 Å². The second-order valence-corrected chi connectivity index (χ2v) is 16.1. The number of carbonyl (C=O) groups excluding carboxylic acids is 8. The van der Waals surface area contributed by atoms with Gasteiger partial charge in [-0.15, -0.1) is 0 Å². The molecule has 4 bridgehead atoms. The van der Waals surface area contributed by atoms with Crippen molar-refractivity contribution in [3.63, 3.8) is 0 Å².